The van der Waals surface area contributed by atoms with Crippen molar-refractivity contribution < 1.29 is 23.8 Å². The Hall–Kier alpha value is -2.78. The van der Waals surface area contributed by atoms with Crippen LogP contribution >= 0.6 is 11.8 Å². The van der Waals surface area contributed by atoms with E-state index in [1.807, 2.05) is 34.6 Å². The molecule has 170 valence electrons. The highest BCUT2D eigenvalue weighted by molar-refractivity contribution is 8.16. The van der Waals surface area contributed by atoms with Crippen LogP contribution in [-0.4, -0.2) is 55.4 Å². The normalized spacial score (nSPS) is 22.3. The molecule has 3 aliphatic heterocycles. The first kappa shape index (κ1) is 22.4. The van der Waals surface area contributed by atoms with E-state index in [-0.39, 0.29) is 18.4 Å². The number of rotatable bonds is 7. The Kier molecular flexibility index (Phi) is 6.86. The van der Waals surface area contributed by atoms with E-state index in [2.05, 4.69) is 10.3 Å². The summed E-state index contributed by atoms with van der Waals surface area (Å²) < 4.78 is 16.3. The zero-order valence-corrected chi connectivity index (χ0v) is 19.2. The first-order valence-electron chi connectivity index (χ1n) is 10.6. The third kappa shape index (κ3) is 4.40. The molecule has 1 fully saturated rings. The summed E-state index contributed by atoms with van der Waals surface area (Å²) >= 11 is 1.44. The molecule has 0 aromatic heterocycles. The SMILES string of the molecule is COC(=O)C1=C(C)N=C2SC=C(CC(=O)NC[C@H]3CCCO3)N2[C@@H]1c1ccccc1OC. The number of carbonyl (C=O) groups excluding carboxylic acids is 2. The zero-order chi connectivity index (χ0) is 22.7. The number of carbonyl (C=O) groups is 2. The summed E-state index contributed by atoms with van der Waals surface area (Å²) in [7, 11) is 2.95. The maximum atomic E-state index is 12.8. The number of benzene rings is 1. The lowest BCUT2D eigenvalue weighted by Crippen LogP contribution is -2.38. The molecule has 3 heterocycles. The Morgan fingerprint density at radius 3 is 2.84 bits per heavy atom. The number of hydrogen-bond acceptors (Lipinski definition) is 8. The summed E-state index contributed by atoms with van der Waals surface area (Å²) in [5.74, 6) is 0.0885. The van der Waals surface area contributed by atoms with Crippen LogP contribution in [0, 0.1) is 0 Å². The molecule has 0 saturated carbocycles. The van der Waals surface area contributed by atoms with E-state index in [9.17, 15) is 9.59 Å². The topological polar surface area (TPSA) is 89.5 Å². The van der Waals surface area contributed by atoms with Gasteiger partial charge in [0.05, 0.1) is 44.1 Å². The van der Waals surface area contributed by atoms with Crippen molar-refractivity contribution in [3.8, 4) is 5.75 Å². The summed E-state index contributed by atoms with van der Waals surface area (Å²) in [6.07, 6.45) is 2.23. The van der Waals surface area contributed by atoms with Gasteiger partial charge >= 0.3 is 5.97 Å². The summed E-state index contributed by atoms with van der Waals surface area (Å²) in [6.45, 7) is 3.05. The largest absolute Gasteiger partial charge is 0.496 e. The summed E-state index contributed by atoms with van der Waals surface area (Å²) in [5, 5.41) is 5.60. The molecule has 1 saturated heterocycles. The summed E-state index contributed by atoms with van der Waals surface area (Å²) in [6, 6.07) is 7.03. The fourth-order valence-corrected chi connectivity index (χ4v) is 5.15. The standard InChI is InChI=1S/C23H27N3O5S/c1-14-20(22(28)30-3)21(17-8-4-5-9-18(17)29-2)26-15(13-32-23(26)25-14)11-19(27)24-12-16-7-6-10-31-16/h4-5,8-9,13,16,21H,6-7,10-12H2,1-3H3,(H,24,27)/t16-,21-/m1/s1. The molecule has 9 heteroatoms. The van der Waals surface area contributed by atoms with Crippen molar-refractivity contribution in [3.63, 3.8) is 0 Å². The van der Waals surface area contributed by atoms with Crippen LogP contribution < -0.4 is 10.1 Å². The van der Waals surface area contributed by atoms with Crippen molar-refractivity contribution in [3.05, 3.63) is 52.2 Å². The second-order valence-electron chi connectivity index (χ2n) is 7.74. The van der Waals surface area contributed by atoms with Gasteiger partial charge in [-0.1, -0.05) is 30.0 Å². The maximum absolute atomic E-state index is 12.8. The fourth-order valence-electron chi connectivity index (χ4n) is 4.19. The molecule has 0 bridgehead atoms. The van der Waals surface area contributed by atoms with E-state index >= 15 is 0 Å². The van der Waals surface area contributed by atoms with Crippen LogP contribution in [0.15, 0.2) is 51.6 Å². The van der Waals surface area contributed by atoms with Gasteiger partial charge in [0.1, 0.15) is 5.75 Å². The lowest BCUT2D eigenvalue weighted by molar-refractivity contribution is -0.136. The van der Waals surface area contributed by atoms with Crippen LogP contribution in [0.2, 0.25) is 0 Å². The number of hydrogen-bond donors (Lipinski definition) is 1. The van der Waals surface area contributed by atoms with Gasteiger partial charge in [-0.3, -0.25) is 4.79 Å². The number of esters is 1. The molecule has 1 N–H and O–H groups in total. The highest BCUT2D eigenvalue weighted by Crippen LogP contribution is 2.46. The number of ether oxygens (including phenoxy) is 3. The smallest absolute Gasteiger partial charge is 0.338 e. The number of aliphatic imine (C=N–C) groups is 1. The van der Waals surface area contributed by atoms with Crippen molar-refractivity contribution >= 4 is 28.8 Å². The average molecular weight is 458 g/mol. The third-order valence-corrected chi connectivity index (χ3v) is 6.62. The van der Waals surface area contributed by atoms with E-state index in [4.69, 9.17) is 14.2 Å². The van der Waals surface area contributed by atoms with Crippen LogP contribution in [0.3, 0.4) is 0 Å². The molecule has 4 rings (SSSR count). The van der Waals surface area contributed by atoms with Crippen molar-refractivity contribution in [1.29, 1.82) is 0 Å². The second-order valence-corrected chi connectivity index (χ2v) is 8.58. The molecule has 1 aromatic rings. The van der Waals surface area contributed by atoms with Crippen molar-refractivity contribution in [2.24, 2.45) is 4.99 Å². The van der Waals surface area contributed by atoms with Crippen LogP contribution in [0.25, 0.3) is 0 Å². The minimum Gasteiger partial charge on any atom is -0.496 e. The van der Waals surface area contributed by atoms with Crippen LogP contribution in [0.5, 0.6) is 5.75 Å². The summed E-state index contributed by atoms with van der Waals surface area (Å²) in [5.41, 5.74) is 2.58. The lowest BCUT2D eigenvalue weighted by Gasteiger charge is -2.36. The number of methoxy groups -OCH3 is 2. The lowest BCUT2D eigenvalue weighted by atomic mass is 9.93. The van der Waals surface area contributed by atoms with Gasteiger partial charge in [-0.25, -0.2) is 9.79 Å². The molecule has 0 unspecified atom stereocenters. The Morgan fingerprint density at radius 1 is 1.31 bits per heavy atom. The molecule has 0 aliphatic carbocycles. The molecule has 3 aliphatic rings. The molecule has 0 spiro atoms. The minimum absolute atomic E-state index is 0.0795. The Labute approximate surface area is 191 Å². The number of para-hydroxylation sites is 1. The van der Waals surface area contributed by atoms with E-state index in [0.29, 0.717) is 28.7 Å². The predicted octanol–water partition coefficient (Wildman–Crippen LogP) is 3.13. The third-order valence-electron chi connectivity index (χ3n) is 5.73. The monoisotopic (exact) mass is 457 g/mol. The van der Waals surface area contributed by atoms with Crippen molar-refractivity contribution in [1.82, 2.24) is 10.2 Å². The molecule has 0 radical (unpaired) electrons. The van der Waals surface area contributed by atoms with Gasteiger partial charge in [-0.2, -0.15) is 0 Å². The molecule has 1 amide bonds. The Bertz CT molecular complexity index is 997. The minimum atomic E-state index is -0.515. The second kappa shape index (κ2) is 9.79. The average Bonchev–Trinajstić information content (AvgIpc) is 3.46. The van der Waals surface area contributed by atoms with Crippen LogP contribution in [0.4, 0.5) is 0 Å². The van der Waals surface area contributed by atoms with E-state index < -0.39 is 12.0 Å². The fraction of sp³-hybridized carbons (Fsp3) is 0.435. The summed E-state index contributed by atoms with van der Waals surface area (Å²) in [4.78, 5) is 32.1. The molecule has 2 atom stereocenters. The van der Waals surface area contributed by atoms with Gasteiger partial charge in [0.15, 0.2) is 5.17 Å². The Morgan fingerprint density at radius 2 is 2.12 bits per heavy atom. The Balaban J connectivity index is 1.63. The molecule has 32 heavy (non-hydrogen) atoms. The molecule has 1 aromatic carbocycles. The van der Waals surface area contributed by atoms with Gasteiger partial charge in [0, 0.05) is 24.4 Å². The van der Waals surface area contributed by atoms with Crippen LogP contribution in [0.1, 0.15) is 37.8 Å². The van der Waals surface area contributed by atoms with Crippen LogP contribution in [-0.2, 0) is 19.1 Å². The quantitative estimate of drug-likeness (QED) is 0.629. The van der Waals surface area contributed by atoms with Gasteiger partial charge < -0.3 is 24.4 Å². The van der Waals surface area contributed by atoms with Gasteiger partial charge in [0.25, 0.3) is 0 Å². The molecular weight excluding hydrogens is 430 g/mol. The van der Waals surface area contributed by atoms with Gasteiger partial charge in [0.2, 0.25) is 5.91 Å². The molecular formula is C23H27N3O5S. The van der Waals surface area contributed by atoms with Crippen molar-refractivity contribution in [2.75, 3.05) is 27.4 Å². The number of fused-ring (bicyclic) bond motifs is 1. The highest BCUT2D eigenvalue weighted by Gasteiger charge is 2.42. The number of nitrogens with zero attached hydrogens (tertiary/aromatic N) is 2. The van der Waals surface area contributed by atoms with Crippen molar-refractivity contribution in [2.45, 2.75) is 38.3 Å². The van der Waals surface area contributed by atoms with E-state index in [1.165, 1.54) is 18.9 Å². The highest BCUT2D eigenvalue weighted by atomic mass is 32.2. The predicted molar refractivity (Wildman–Crippen MR) is 122 cm³/mol. The number of allylic oxidation sites excluding steroid dienone is 1. The van der Waals surface area contributed by atoms with E-state index in [1.54, 1.807) is 14.0 Å². The van der Waals surface area contributed by atoms with Gasteiger partial charge in [-0.05, 0) is 31.2 Å². The van der Waals surface area contributed by atoms with E-state index in [0.717, 1.165) is 30.7 Å². The first-order valence-corrected chi connectivity index (χ1v) is 11.5. The maximum Gasteiger partial charge on any atom is 0.338 e. The number of amides is 1. The number of nitrogens with one attached hydrogen (secondary N) is 1. The number of amidine groups is 1. The first-order chi connectivity index (χ1) is 15.5. The van der Waals surface area contributed by atoms with Gasteiger partial charge in [-0.15, -0.1) is 0 Å². The molecule has 8 nitrogen and oxygen atoms in total. The zero-order valence-electron chi connectivity index (χ0n) is 18.4. The number of thioether (sulfide) groups is 1.